The second kappa shape index (κ2) is 4.69. The van der Waals surface area contributed by atoms with E-state index in [1.807, 2.05) is 0 Å². The standard InChI is InChI=1S/C14H21N3O/c1-11-10-18-14-4-3-12(9-13(14)15-11)17-7-5-16(2)6-8-17/h3-4,9,11,15H,5-8,10H2,1-2H3. The van der Waals surface area contributed by atoms with Crippen LogP contribution in [0.1, 0.15) is 6.92 Å². The molecule has 0 spiro atoms. The van der Waals surface area contributed by atoms with Crippen LogP contribution < -0.4 is 15.0 Å². The van der Waals surface area contributed by atoms with Crippen LogP contribution in [-0.4, -0.2) is 50.8 Å². The average Bonchev–Trinajstić information content (AvgIpc) is 2.38. The van der Waals surface area contributed by atoms with Crippen molar-refractivity contribution in [2.24, 2.45) is 0 Å². The lowest BCUT2D eigenvalue weighted by molar-refractivity contribution is 0.291. The Hall–Kier alpha value is -1.42. The van der Waals surface area contributed by atoms with Crippen molar-refractivity contribution in [3.8, 4) is 5.75 Å². The molecule has 0 radical (unpaired) electrons. The van der Waals surface area contributed by atoms with Gasteiger partial charge in [-0.3, -0.25) is 0 Å². The molecule has 1 fully saturated rings. The smallest absolute Gasteiger partial charge is 0.142 e. The van der Waals surface area contributed by atoms with Gasteiger partial charge in [0.1, 0.15) is 12.4 Å². The zero-order valence-corrected chi connectivity index (χ0v) is 11.1. The Kier molecular flexibility index (Phi) is 3.04. The summed E-state index contributed by atoms with van der Waals surface area (Å²) >= 11 is 0. The maximum Gasteiger partial charge on any atom is 0.142 e. The Morgan fingerprint density at radius 2 is 2.00 bits per heavy atom. The lowest BCUT2D eigenvalue weighted by atomic mass is 10.2. The summed E-state index contributed by atoms with van der Waals surface area (Å²) in [6.45, 7) is 7.37. The van der Waals surface area contributed by atoms with Gasteiger partial charge in [0.15, 0.2) is 0 Å². The molecule has 1 aromatic carbocycles. The van der Waals surface area contributed by atoms with E-state index in [1.54, 1.807) is 0 Å². The average molecular weight is 247 g/mol. The van der Waals surface area contributed by atoms with Crippen molar-refractivity contribution in [3.63, 3.8) is 0 Å². The van der Waals surface area contributed by atoms with Crippen molar-refractivity contribution >= 4 is 11.4 Å². The van der Waals surface area contributed by atoms with E-state index in [9.17, 15) is 0 Å². The number of piperazine rings is 1. The monoisotopic (exact) mass is 247 g/mol. The van der Waals surface area contributed by atoms with Gasteiger partial charge in [-0.1, -0.05) is 0 Å². The van der Waals surface area contributed by atoms with E-state index in [0.717, 1.165) is 44.2 Å². The van der Waals surface area contributed by atoms with E-state index in [2.05, 4.69) is 47.3 Å². The molecule has 2 aliphatic rings. The van der Waals surface area contributed by atoms with Gasteiger partial charge in [0.05, 0.1) is 11.7 Å². The molecule has 1 aromatic rings. The van der Waals surface area contributed by atoms with Crippen LogP contribution in [0.5, 0.6) is 5.75 Å². The summed E-state index contributed by atoms with van der Waals surface area (Å²) in [6.07, 6.45) is 0. The van der Waals surface area contributed by atoms with E-state index in [1.165, 1.54) is 5.69 Å². The summed E-state index contributed by atoms with van der Waals surface area (Å²) in [5, 5.41) is 3.49. The highest BCUT2D eigenvalue weighted by molar-refractivity contribution is 5.67. The van der Waals surface area contributed by atoms with E-state index in [4.69, 9.17) is 4.74 Å². The van der Waals surface area contributed by atoms with Gasteiger partial charge in [-0.25, -0.2) is 0 Å². The van der Waals surface area contributed by atoms with Crippen molar-refractivity contribution in [2.75, 3.05) is 50.1 Å². The number of likely N-dealkylation sites (N-methyl/N-ethyl adjacent to an activating group) is 1. The van der Waals surface area contributed by atoms with Crippen molar-refractivity contribution in [1.29, 1.82) is 0 Å². The predicted molar refractivity (Wildman–Crippen MR) is 74.7 cm³/mol. The Morgan fingerprint density at radius 1 is 1.22 bits per heavy atom. The van der Waals surface area contributed by atoms with Gasteiger partial charge in [-0.15, -0.1) is 0 Å². The summed E-state index contributed by atoms with van der Waals surface area (Å²) < 4.78 is 5.71. The molecular weight excluding hydrogens is 226 g/mol. The number of hydrogen-bond donors (Lipinski definition) is 1. The van der Waals surface area contributed by atoms with Crippen LogP contribution in [0.4, 0.5) is 11.4 Å². The van der Waals surface area contributed by atoms with Crippen LogP contribution in [0.2, 0.25) is 0 Å². The highest BCUT2D eigenvalue weighted by Crippen LogP contribution is 2.33. The lowest BCUT2D eigenvalue weighted by Gasteiger charge is -2.35. The van der Waals surface area contributed by atoms with Crippen LogP contribution in [0.15, 0.2) is 18.2 Å². The molecule has 18 heavy (non-hydrogen) atoms. The van der Waals surface area contributed by atoms with E-state index in [0.29, 0.717) is 6.04 Å². The van der Waals surface area contributed by atoms with Gasteiger partial charge < -0.3 is 19.9 Å². The molecule has 2 heterocycles. The topological polar surface area (TPSA) is 27.7 Å². The van der Waals surface area contributed by atoms with Crippen LogP contribution in [-0.2, 0) is 0 Å². The largest absolute Gasteiger partial charge is 0.489 e. The molecule has 0 saturated carbocycles. The van der Waals surface area contributed by atoms with Crippen molar-refractivity contribution < 1.29 is 4.74 Å². The van der Waals surface area contributed by atoms with Crippen LogP contribution in [0.3, 0.4) is 0 Å². The highest BCUT2D eigenvalue weighted by Gasteiger charge is 2.19. The fraction of sp³-hybridized carbons (Fsp3) is 0.571. The first kappa shape index (κ1) is 11.7. The first-order valence-electron chi connectivity index (χ1n) is 6.69. The molecule has 1 saturated heterocycles. The number of hydrogen-bond acceptors (Lipinski definition) is 4. The summed E-state index contributed by atoms with van der Waals surface area (Å²) in [6, 6.07) is 6.86. The third kappa shape index (κ3) is 2.25. The summed E-state index contributed by atoms with van der Waals surface area (Å²) in [5.74, 6) is 0.978. The molecule has 98 valence electrons. The number of rotatable bonds is 1. The second-order valence-electron chi connectivity index (χ2n) is 5.33. The number of nitrogens with zero attached hydrogens (tertiary/aromatic N) is 2. The first-order chi connectivity index (χ1) is 8.72. The fourth-order valence-electron chi connectivity index (χ4n) is 2.54. The Balaban J connectivity index is 1.79. The number of ether oxygens (including phenoxy) is 1. The number of benzene rings is 1. The molecule has 0 aliphatic carbocycles. The van der Waals surface area contributed by atoms with Crippen molar-refractivity contribution in [1.82, 2.24) is 4.90 Å². The molecule has 4 heteroatoms. The summed E-state index contributed by atoms with van der Waals surface area (Å²) in [4.78, 5) is 4.82. The third-order valence-corrected chi connectivity index (χ3v) is 3.72. The maximum absolute atomic E-state index is 5.71. The van der Waals surface area contributed by atoms with Gasteiger partial charge in [0, 0.05) is 31.9 Å². The Bertz CT molecular complexity index is 427. The molecule has 1 atom stereocenters. The fourth-order valence-corrected chi connectivity index (χ4v) is 2.54. The second-order valence-corrected chi connectivity index (χ2v) is 5.33. The minimum atomic E-state index is 0.389. The predicted octanol–water partition coefficient (Wildman–Crippen LogP) is 1.63. The van der Waals surface area contributed by atoms with Gasteiger partial charge in [-0.2, -0.15) is 0 Å². The number of fused-ring (bicyclic) bond motifs is 1. The van der Waals surface area contributed by atoms with Crippen LogP contribution in [0, 0.1) is 0 Å². The van der Waals surface area contributed by atoms with Gasteiger partial charge in [-0.05, 0) is 32.2 Å². The molecule has 1 N–H and O–H groups in total. The maximum atomic E-state index is 5.71. The quantitative estimate of drug-likeness (QED) is 0.816. The first-order valence-corrected chi connectivity index (χ1v) is 6.69. The molecular formula is C14H21N3O. The van der Waals surface area contributed by atoms with Crippen molar-refractivity contribution in [2.45, 2.75) is 13.0 Å². The van der Waals surface area contributed by atoms with E-state index in [-0.39, 0.29) is 0 Å². The van der Waals surface area contributed by atoms with Gasteiger partial charge >= 0.3 is 0 Å². The summed E-state index contributed by atoms with van der Waals surface area (Å²) in [7, 11) is 2.18. The lowest BCUT2D eigenvalue weighted by Crippen LogP contribution is -2.44. The van der Waals surface area contributed by atoms with Gasteiger partial charge in [0.2, 0.25) is 0 Å². The summed E-state index contributed by atoms with van der Waals surface area (Å²) in [5.41, 5.74) is 2.43. The number of nitrogens with one attached hydrogen (secondary N) is 1. The molecule has 2 aliphatic heterocycles. The minimum absolute atomic E-state index is 0.389. The Labute approximate surface area is 109 Å². The molecule has 1 unspecified atom stereocenters. The molecule has 4 nitrogen and oxygen atoms in total. The van der Waals surface area contributed by atoms with E-state index >= 15 is 0 Å². The van der Waals surface area contributed by atoms with Crippen LogP contribution >= 0.6 is 0 Å². The van der Waals surface area contributed by atoms with Gasteiger partial charge in [0.25, 0.3) is 0 Å². The third-order valence-electron chi connectivity index (χ3n) is 3.72. The number of anilines is 2. The van der Waals surface area contributed by atoms with Crippen LogP contribution in [0.25, 0.3) is 0 Å². The minimum Gasteiger partial charge on any atom is -0.489 e. The Morgan fingerprint density at radius 3 is 2.78 bits per heavy atom. The highest BCUT2D eigenvalue weighted by atomic mass is 16.5. The van der Waals surface area contributed by atoms with E-state index < -0.39 is 0 Å². The van der Waals surface area contributed by atoms with Crippen molar-refractivity contribution in [3.05, 3.63) is 18.2 Å². The molecule has 0 amide bonds. The zero-order chi connectivity index (χ0) is 12.5. The SMILES string of the molecule is CC1COc2ccc(N3CCN(C)CC3)cc2N1. The molecule has 3 rings (SSSR count). The molecule has 0 aromatic heterocycles. The zero-order valence-electron chi connectivity index (χ0n) is 11.1. The molecule has 0 bridgehead atoms. The normalized spacial score (nSPS) is 24.1.